The summed E-state index contributed by atoms with van der Waals surface area (Å²) >= 11 is 4.87. The highest BCUT2D eigenvalue weighted by Crippen LogP contribution is 2.05. The smallest absolute Gasteiger partial charge is 0.194 e. The molecule has 0 spiro atoms. The lowest BCUT2D eigenvalue weighted by Gasteiger charge is -2.03. The molecule has 1 heterocycles. The van der Waals surface area contributed by atoms with E-state index in [-0.39, 0.29) is 0 Å². The molecule has 1 aromatic rings. The van der Waals surface area contributed by atoms with E-state index in [1.165, 1.54) is 0 Å². The van der Waals surface area contributed by atoms with Crippen LogP contribution in [-0.2, 0) is 0 Å². The van der Waals surface area contributed by atoms with Crippen molar-refractivity contribution in [1.82, 2.24) is 5.32 Å². The van der Waals surface area contributed by atoms with Gasteiger partial charge in [0.1, 0.15) is 5.84 Å². The van der Waals surface area contributed by atoms with Crippen LogP contribution >= 0.6 is 12.2 Å². The lowest BCUT2D eigenvalue weighted by molar-refractivity contribution is 1.13. The number of benzene rings is 1. The average Bonchev–Trinajstić information content (AvgIpc) is 2.53. The number of nitrogens with one attached hydrogen (secondary N) is 2. The standard InChI is InChI=1S/C9H9N3S/c13-9-10-6-8(12-9)11-7-4-2-1-3-5-7/h1-5H,6H2,(H2,10,11,12,13). The first-order valence-corrected chi connectivity index (χ1v) is 4.43. The van der Waals surface area contributed by atoms with Gasteiger partial charge in [0.15, 0.2) is 5.11 Å². The number of anilines is 1. The van der Waals surface area contributed by atoms with E-state index < -0.39 is 0 Å². The highest BCUT2D eigenvalue weighted by Gasteiger charge is 2.08. The van der Waals surface area contributed by atoms with Gasteiger partial charge in [0.25, 0.3) is 0 Å². The molecule has 2 N–H and O–H groups in total. The highest BCUT2D eigenvalue weighted by atomic mass is 32.1. The van der Waals surface area contributed by atoms with Crippen molar-refractivity contribution in [3.8, 4) is 0 Å². The largest absolute Gasteiger partial charge is 0.354 e. The van der Waals surface area contributed by atoms with Crippen LogP contribution in [0.5, 0.6) is 0 Å². The van der Waals surface area contributed by atoms with Crippen LogP contribution in [0.15, 0.2) is 35.3 Å². The Labute approximate surface area is 81.9 Å². The molecule has 0 atom stereocenters. The number of hydrogen-bond donors (Lipinski definition) is 2. The number of nitrogens with zero attached hydrogens (tertiary/aromatic N) is 1. The number of rotatable bonds is 1. The summed E-state index contributed by atoms with van der Waals surface area (Å²) < 4.78 is 0. The Balaban J connectivity index is 2.07. The van der Waals surface area contributed by atoms with Crippen molar-refractivity contribution in [2.45, 2.75) is 0 Å². The maximum atomic E-state index is 4.87. The second-order valence-corrected chi connectivity index (χ2v) is 3.09. The first-order valence-electron chi connectivity index (χ1n) is 4.02. The Morgan fingerprint density at radius 3 is 2.69 bits per heavy atom. The molecular formula is C9H9N3S. The predicted molar refractivity (Wildman–Crippen MR) is 58.1 cm³/mol. The van der Waals surface area contributed by atoms with Gasteiger partial charge < -0.3 is 10.6 Å². The minimum atomic E-state index is 0.554. The maximum Gasteiger partial charge on any atom is 0.194 e. The van der Waals surface area contributed by atoms with Crippen LogP contribution in [0, 0.1) is 0 Å². The van der Waals surface area contributed by atoms with E-state index in [2.05, 4.69) is 15.6 Å². The van der Waals surface area contributed by atoms with Crippen LogP contribution in [0.25, 0.3) is 0 Å². The summed E-state index contributed by atoms with van der Waals surface area (Å²) in [6.45, 7) is 0.688. The van der Waals surface area contributed by atoms with Crippen LogP contribution in [0.1, 0.15) is 0 Å². The Morgan fingerprint density at radius 2 is 2.08 bits per heavy atom. The Kier molecular flexibility index (Phi) is 2.23. The van der Waals surface area contributed by atoms with Gasteiger partial charge in [0.2, 0.25) is 0 Å². The van der Waals surface area contributed by atoms with Crippen molar-refractivity contribution in [2.24, 2.45) is 4.99 Å². The quantitative estimate of drug-likeness (QED) is 0.658. The Bertz CT molecular complexity index is 345. The van der Waals surface area contributed by atoms with Crippen molar-refractivity contribution in [3.05, 3.63) is 30.3 Å². The van der Waals surface area contributed by atoms with Gasteiger partial charge in [-0.25, -0.2) is 4.99 Å². The van der Waals surface area contributed by atoms with Crippen molar-refractivity contribution in [3.63, 3.8) is 0 Å². The van der Waals surface area contributed by atoms with Crippen LogP contribution < -0.4 is 10.6 Å². The fourth-order valence-corrected chi connectivity index (χ4v) is 1.30. The van der Waals surface area contributed by atoms with Gasteiger partial charge in [0, 0.05) is 5.69 Å². The fraction of sp³-hybridized carbons (Fsp3) is 0.111. The molecule has 66 valence electrons. The lowest BCUT2D eigenvalue weighted by atomic mass is 10.3. The summed E-state index contributed by atoms with van der Waals surface area (Å²) in [6.07, 6.45) is 0. The van der Waals surface area contributed by atoms with Crippen LogP contribution in [-0.4, -0.2) is 17.5 Å². The monoisotopic (exact) mass is 191 g/mol. The Hall–Kier alpha value is -1.42. The molecule has 1 aliphatic rings. The molecule has 0 aromatic heterocycles. The second-order valence-electron chi connectivity index (χ2n) is 2.71. The third-order valence-electron chi connectivity index (χ3n) is 1.71. The minimum absolute atomic E-state index is 0.554. The van der Waals surface area contributed by atoms with Gasteiger partial charge in [-0.05, 0) is 24.4 Å². The molecule has 0 radical (unpaired) electrons. The van der Waals surface area contributed by atoms with Crippen molar-refractivity contribution >= 4 is 28.9 Å². The molecule has 4 heteroatoms. The summed E-state index contributed by atoms with van der Waals surface area (Å²) in [6, 6.07) is 9.91. The van der Waals surface area contributed by atoms with Gasteiger partial charge in [-0.3, -0.25) is 0 Å². The van der Waals surface area contributed by atoms with Gasteiger partial charge in [-0.1, -0.05) is 18.2 Å². The zero-order valence-corrected chi connectivity index (χ0v) is 7.77. The topological polar surface area (TPSA) is 36.4 Å². The van der Waals surface area contributed by atoms with E-state index in [1.54, 1.807) is 0 Å². The van der Waals surface area contributed by atoms with E-state index >= 15 is 0 Å². The third-order valence-corrected chi connectivity index (χ3v) is 1.94. The summed E-state index contributed by atoms with van der Waals surface area (Å²) in [7, 11) is 0. The summed E-state index contributed by atoms with van der Waals surface area (Å²) in [5, 5.41) is 6.68. The lowest BCUT2D eigenvalue weighted by Crippen LogP contribution is -2.21. The molecule has 13 heavy (non-hydrogen) atoms. The molecule has 3 nitrogen and oxygen atoms in total. The number of hydrogen-bond acceptors (Lipinski definition) is 2. The molecular weight excluding hydrogens is 182 g/mol. The molecule has 0 bridgehead atoms. The molecule has 0 amide bonds. The number of aliphatic imine (C=N–C) groups is 1. The summed E-state index contributed by atoms with van der Waals surface area (Å²) in [5.41, 5.74) is 1.03. The van der Waals surface area contributed by atoms with Crippen LogP contribution in [0.4, 0.5) is 5.69 Å². The molecule has 2 rings (SSSR count). The summed E-state index contributed by atoms with van der Waals surface area (Å²) in [4.78, 5) is 4.11. The van der Waals surface area contributed by atoms with Crippen molar-refractivity contribution < 1.29 is 0 Å². The average molecular weight is 191 g/mol. The van der Waals surface area contributed by atoms with E-state index in [0.29, 0.717) is 11.7 Å². The molecule has 0 fully saturated rings. The number of thiocarbonyl (C=S) groups is 1. The van der Waals surface area contributed by atoms with Crippen LogP contribution in [0.2, 0.25) is 0 Å². The number of amidine groups is 1. The first-order chi connectivity index (χ1) is 6.34. The zero-order valence-electron chi connectivity index (χ0n) is 6.95. The molecule has 0 saturated carbocycles. The van der Waals surface area contributed by atoms with Crippen molar-refractivity contribution in [2.75, 3.05) is 11.9 Å². The molecule has 0 saturated heterocycles. The first kappa shape index (κ1) is 8.19. The predicted octanol–water partition coefficient (Wildman–Crippen LogP) is 1.39. The van der Waals surface area contributed by atoms with E-state index in [9.17, 15) is 0 Å². The SMILES string of the molecule is S=C1N=C(Nc2ccccc2)CN1. The third kappa shape index (κ3) is 2.03. The van der Waals surface area contributed by atoms with E-state index in [1.807, 2.05) is 30.3 Å². The van der Waals surface area contributed by atoms with Gasteiger partial charge >= 0.3 is 0 Å². The van der Waals surface area contributed by atoms with Gasteiger partial charge in [-0.2, -0.15) is 0 Å². The zero-order chi connectivity index (χ0) is 9.10. The molecule has 1 aromatic carbocycles. The molecule has 0 unspecified atom stereocenters. The van der Waals surface area contributed by atoms with E-state index in [0.717, 1.165) is 11.5 Å². The maximum absolute atomic E-state index is 4.87. The Morgan fingerprint density at radius 1 is 1.31 bits per heavy atom. The highest BCUT2D eigenvalue weighted by molar-refractivity contribution is 7.80. The van der Waals surface area contributed by atoms with Gasteiger partial charge in [-0.15, -0.1) is 0 Å². The molecule has 1 aliphatic heterocycles. The van der Waals surface area contributed by atoms with Crippen LogP contribution in [0.3, 0.4) is 0 Å². The molecule has 0 aliphatic carbocycles. The minimum Gasteiger partial charge on any atom is -0.354 e. The normalized spacial score (nSPS) is 15.1. The number of para-hydroxylation sites is 1. The summed E-state index contributed by atoms with van der Waals surface area (Å²) in [5.74, 6) is 0.871. The van der Waals surface area contributed by atoms with E-state index in [4.69, 9.17) is 12.2 Å². The second kappa shape index (κ2) is 3.53. The fourth-order valence-electron chi connectivity index (χ4n) is 1.12. The van der Waals surface area contributed by atoms with Crippen molar-refractivity contribution in [1.29, 1.82) is 0 Å². The van der Waals surface area contributed by atoms with Gasteiger partial charge in [0.05, 0.1) is 6.54 Å².